The largest absolute Gasteiger partial charge is 0.495 e. The predicted molar refractivity (Wildman–Crippen MR) is 131 cm³/mol. The van der Waals surface area contributed by atoms with Gasteiger partial charge in [0.05, 0.1) is 43.3 Å². The van der Waals surface area contributed by atoms with Crippen LogP contribution < -0.4 is 19.5 Å². The Hall–Kier alpha value is -3.97. The van der Waals surface area contributed by atoms with E-state index in [1.165, 1.54) is 14.2 Å². The Morgan fingerprint density at radius 3 is 2.47 bits per heavy atom. The highest BCUT2D eigenvalue weighted by molar-refractivity contribution is 6.32. The van der Waals surface area contributed by atoms with Gasteiger partial charge in [0.2, 0.25) is 5.89 Å². The number of halogens is 1. The number of methoxy groups -OCH3 is 2. The molecule has 3 aromatic carbocycles. The maximum atomic E-state index is 13.2. The fraction of sp³-hybridized carbons (Fsp3) is 0.154. The van der Waals surface area contributed by atoms with Crippen molar-refractivity contribution in [2.45, 2.75) is 6.92 Å². The molecule has 0 aliphatic rings. The third-order valence-electron chi connectivity index (χ3n) is 5.08. The van der Waals surface area contributed by atoms with Gasteiger partial charge in [-0.15, -0.1) is 0 Å². The fourth-order valence-electron chi connectivity index (χ4n) is 3.43. The molecule has 0 radical (unpaired) electrons. The van der Waals surface area contributed by atoms with Gasteiger partial charge in [0.15, 0.2) is 5.76 Å². The Balaban J connectivity index is 1.62. The second-order valence-corrected chi connectivity index (χ2v) is 7.58. The van der Waals surface area contributed by atoms with E-state index in [2.05, 4.69) is 10.3 Å². The van der Waals surface area contributed by atoms with Crippen LogP contribution in [0.1, 0.15) is 17.3 Å². The van der Waals surface area contributed by atoms with Crippen LogP contribution in [0.2, 0.25) is 5.02 Å². The molecule has 0 saturated carbocycles. The Labute approximate surface area is 202 Å². The second-order valence-electron chi connectivity index (χ2n) is 7.17. The summed E-state index contributed by atoms with van der Waals surface area (Å²) in [4.78, 5) is 17.6. The molecule has 0 saturated heterocycles. The third kappa shape index (κ3) is 4.84. The predicted octanol–water partition coefficient (Wildman–Crippen LogP) is 6.33. The summed E-state index contributed by atoms with van der Waals surface area (Å²) >= 11 is 6.17. The first-order valence-electron chi connectivity index (χ1n) is 10.5. The quantitative estimate of drug-likeness (QED) is 0.318. The highest BCUT2D eigenvalue weighted by Crippen LogP contribution is 2.36. The zero-order valence-electron chi connectivity index (χ0n) is 18.9. The normalized spacial score (nSPS) is 10.6. The van der Waals surface area contributed by atoms with Crippen molar-refractivity contribution in [1.82, 2.24) is 4.98 Å². The maximum Gasteiger partial charge on any atom is 0.256 e. The first-order valence-corrected chi connectivity index (χ1v) is 10.9. The van der Waals surface area contributed by atoms with Crippen LogP contribution in [0.5, 0.6) is 17.2 Å². The van der Waals surface area contributed by atoms with E-state index in [1.54, 1.807) is 36.5 Å². The van der Waals surface area contributed by atoms with E-state index in [0.29, 0.717) is 51.6 Å². The molecule has 0 bridgehead atoms. The minimum atomic E-state index is -0.362. The highest BCUT2D eigenvalue weighted by atomic mass is 35.5. The average Bonchev–Trinajstić information content (AvgIpc) is 3.35. The number of carbonyl (C=O) groups excluding carboxylic acids is 1. The van der Waals surface area contributed by atoms with Crippen LogP contribution in [0.3, 0.4) is 0 Å². The lowest BCUT2D eigenvalue weighted by molar-refractivity contribution is 0.102. The summed E-state index contributed by atoms with van der Waals surface area (Å²) < 4.78 is 22.1. The van der Waals surface area contributed by atoms with Crippen molar-refractivity contribution in [2.75, 3.05) is 26.1 Å². The minimum Gasteiger partial charge on any atom is -0.495 e. The summed E-state index contributed by atoms with van der Waals surface area (Å²) in [5.41, 5.74) is 2.21. The van der Waals surface area contributed by atoms with Crippen molar-refractivity contribution in [3.05, 3.63) is 77.4 Å². The van der Waals surface area contributed by atoms with E-state index in [1.807, 2.05) is 37.3 Å². The van der Waals surface area contributed by atoms with Crippen molar-refractivity contribution in [1.29, 1.82) is 0 Å². The molecule has 1 aromatic heterocycles. The molecular formula is C26H23ClN2O5. The van der Waals surface area contributed by atoms with Gasteiger partial charge in [0.25, 0.3) is 5.91 Å². The SMILES string of the molecule is CCOc1ccc(-c2cnc(-c3ccccc3C(=O)Nc3cc(OC)c(Cl)cc3OC)o2)cc1. The van der Waals surface area contributed by atoms with Gasteiger partial charge in [-0.1, -0.05) is 23.7 Å². The molecule has 0 aliphatic heterocycles. The number of amides is 1. The summed E-state index contributed by atoms with van der Waals surface area (Å²) in [6.07, 6.45) is 1.63. The van der Waals surface area contributed by atoms with Crippen molar-refractivity contribution < 1.29 is 23.4 Å². The molecule has 174 valence electrons. The number of nitrogens with one attached hydrogen (secondary N) is 1. The Bertz CT molecular complexity index is 1300. The van der Waals surface area contributed by atoms with Gasteiger partial charge in [-0.3, -0.25) is 4.79 Å². The molecule has 0 unspecified atom stereocenters. The monoisotopic (exact) mass is 478 g/mol. The molecule has 34 heavy (non-hydrogen) atoms. The molecule has 4 aromatic rings. The number of nitrogens with zero attached hydrogens (tertiary/aromatic N) is 1. The highest BCUT2D eigenvalue weighted by Gasteiger charge is 2.19. The van der Waals surface area contributed by atoms with Crippen LogP contribution in [0.25, 0.3) is 22.8 Å². The molecule has 7 nitrogen and oxygen atoms in total. The lowest BCUT2D eigenvalue weighted by Crippen LogP contribution is -2.14. The third-order valence-corrected chi connectivity index (χ3v) is 5.38. The number of benzene rings is 3. The molecule has 1 N–H and O–H groups in total. The van der Waals surface area contributed by atoms with Crippen molar-refractivity contribution >= 4 is 23.2 Å². The average molecular weight is 479 g/mol. The zero-order chi connectivity index (χ0) is 24.1. The number of hydrogen-bond acceptors (Lipinski definition) is 6. The van der Waals surface area contributed by atoms with E-state index >= 15 is 0 Å². The lowest BCUT2D eigenvalue weighted by Gasteiger charge is -2.14. The van der Waals surface area contributed by atoms with E-state index in [4.69, 9.17) is 30.2 Å². The van der Waals surface area contributed by atoms with Crippen molar-refractivity contribution in [3.8, 4) is 40.0 Å². The minimum absolute atomic E-state index is 0.329. The number of carbonyl (C=O) groups is 1. The molecule has 1 heterocycles. The van der Waals surface area contributed by atoms with Gasteiger partial charge in [0.1, 0.15) is 17.2 Å². The van der Waals surface area contributed by atoms with Crippen molar-refractivity contribution in [2.24, 2.45) is 0 Å². The van der Waals surface area contributed by atoms with Gasteiger partial charge in [0, 0.05) is 23.3 Å². The summed E-state index contributed by atoms with van der Waals surface area (Å²) in [6.45, 7) is 2.53. The standard InChI is InChI=1S/C26H23ClN2O5/c1-4-33-17-11-9-16(10-12-17)24-15-28-26(34-24)19-8-6-5-7-18(19)25(30)29-21-14-22(31-2)20(27)13-23(21)32-3/h5-15H,4H2,1-3H3,(H,29,30). The van der Waals surface area contributed by atoms with Gasteiger partial charge < -0.3 is 23.9 Å². The number of rotatable bonds is 8. The molecule has 4 rings (SSSR count). The van der Waals surface area contributed by atoms with Crippen LogP contribution in [-0.4, -0.2) is 31.7 Å². The molecule has 8 heteroatoms. The summed E-state index contributed by atoms with van der Waals surface area (Å²) in [7, 11) is 3.00. The van der Waals surface area contributed by atoms with Crippen LogP contribution in [0, 0.1) is 0 Å². The smallest absolute Gasteiger partial charge is 0.256 e. The molecule has 0 aliphatic carbocycles. The summed E-state index contributed by atoms with van der Waals surface area (Å²) in [6, 6.07) is 17.8. The number of ether oxygens (including phenoxy) is 3. The topological polar surface area (TPSA) is 82.8 Å². The molecule has 0 atom stereocenters. The second kappa shape index (κ2) is 10.3. The van der Waals surface area contributed by atoms with Crippen molar-refractivity contribution in [3.63, 3.8) is 0 Å². The number of aromatic nitrogens is 1. The van der Waals surface area contributed by atoms with E-state index in [9.17, 15) is 4.79 Å². The van der Waals surface area contributed by atoms with Crippen LogP contribution in [0.15, 0.2) is 71.3 Å². The van der Waals surface area contributed by atoms with Gasteiger partial charge >= 0.3 is 0 Å². The summed E-state index contributed by atoms with van der Waals surface area (Å²) in [5, 5.41) is 3.23. The Kier molecular flexibility index (Phi) is 7.04. The van der Waals surface area contributed by atoms with Gasteiger partial charge in [-0.2, -0.15) is 0 Å². The Morgan fingerprint density at radius 2 is 1.76 bits per heavy atom. The molecule has 0 fully saturated rings. The molecular weight excluding hydrogens is 456 g/mol. The van der Waals surface area contributed by atoms with Gasteiger partial charge in [-0.05, 0) is 43.3 Å². The summed E-state index contributed by atoms with van der Waals surface area (Å²) in [5.74, 6) is 2.15. The van der Waals surface area contributed by atoms with Crippen LogP contribution in [0.4, 0.5) is 5.69 Å². The molecule has 1 amide bonds. The first kappa shape index (κ1) is 23.2. The van der Waals surface area contributed by atoms with E-state index in [-0.39, 0.29) is 5.91 Å². The fourth-order valence-corrected chi connectivity index (χ4v) is 3.66. The number of oxazole rings is 1. The number of anilines is 1. The van der Waals surface area contributed by atoms with Gasteiger partial charge in [-0.25, -0.2) is 4.98 Å². The van der Waals surface area contributed by atoms with E-state index in [0.717, 1.165) is 11.3 Å². The Morgan fingerprint density at radius 1 is 1.03 bits per heavy atom. The van der Waals surface area contributed by atoms with Crippen LogP contribution in [-0.2, 0) is 0 Å². The maximum absolute atomic E-state index is 13.2. The zero-order valence-corrected chi connectivity index (χ0v) is 19.7. The van der Waals surface area contributed by atoms with E-state index < -0.39 is 0 Å². The lowest BCUT2D eigenvalue weighted by atomic mass is 10.1. The molecule has 0 spiro atoms. The first-order chi connectivity index (χ1) is 16.5. The number of hydrogen-bond donors (Lipinski definition) is 1. The van der Waals surface area contributed by atoms with Crippen LogP contribution >= 0.6 is 11.6 Å².